The minimum absolute atomic E-state index is 0.0285. The highest BCUT2D eigenvalue weighted by atomic mass is 16.3. The van der Waals surface area contributed by atoms with Gasteiger partial charge in [-0.15, -0.1) is 0 Å². The highest BCUT2D eigenvalue weighted by Crippen LogP contribution is 2.37. The second kappa shape index (κ2) is 6.11. The van der Waals surface area contributed by atoms with Gasteiger partial charge >= 0.3 is 0 Å². The minimum atomic E-state index is -0.0285. The molecule has 19 heavy (non-hydrogen) atoms. The fraction of sp³-hybridized carbons (Fsp3) is 1.00. The molecule has 0 aromatic heterocycles. The van der Waals surface area contributed by atoms with Crippen LogP contribution in [0, 0.1) is 5.92 Å². The molecule has 3 nitrogen and oxygen atoms in total. The van der Waals surface area contributed by atoms with E-state index in [1.165, 1.54) is 25.8 Å². The molecule has 0 radical (unpaired) electrons. The third-order valence-electron chi connectivity index (χ3n) is 5.37. The summed E-state index contributed by atoms with van der Waals surface area (Å²) in [7, 11) is 0. The molecular weight excluding hydrogens is 236 g/mol. The summed E-state index contributed by atoms with van der Waals surface area (Å²) in [6.07, 6.45) is 6.17. The van der Waals surface area contributed by atoms with Crippen molar-refractivity contribution in [3.63, 3.8) is 0 Å². The molecule has 0 bridgehead atoms. The lowest BCUT2D eigenvalue weighted by Gasteiger charge is -2.42. The van der Waals surface area contributed by atoms with Gasteiger partial charge in [-0.05, 0) is 51.5 Å². The molecule has 0 aromatic carbocycles. The first kappa shape index (κ1) is 15.3. The first-order valence-electron chi connectivity index (χ1n) is 8.12. The number of aliphatic hydroxyl groups is 1. The maximum absolute atomic E-state index is 9.82. The summed E-state index contributed by atoms with van der Waals surface area (Å²) in [5.74, 6) is 0.816. The van der Waals surface area contributed by atoms with Crippen LogP contribution in [-0.2, 0) is 0 Å². The van der Waals surface area contributed by atoms with Crippen molar-refractivity contribution in [1.82, 2.24) is 10.2 Å². The zero-order valence-electron chi connectivity index (χ0n) is 13.2. The number of hydrogen-bond donors (Lipinski definition) is 2. The molecule has 1 heterocycles. The van der Waals surface area contributed by atoms with Crippen LogP contribution in [0.2, 0.25) is 0 Å². The quantitative estimate of drug-likeness (QED) is 0.822. The van der Waals surface area contributed by atoms with E-state index in [1.54, 1.807) is 0 Å². The third kappa shape index (κ3) is 3.32. The normalized spacial score (nSPS) is 41.1. The Labute approximate surface area is 118 Å². The molecule has 1 aliphatic heterocycles. The van der Waals surface area contributed by atoms with Crippen molar-refractivity contribution in [2.75, 3.05) is 13.2 Å². The van der Waals surface area contributed by atoms with E-state index in [1.807, 2.05) is 0 Å². The van der Waals surface area contributed by atoms with E-state index in [0.717, 1.165) is 18.8 Å². The van der Waals surface area contributed by atoms with Gasteiger partial charge in [-0.3, -0.25) is 4.90 Å². The van der Waals surface area contributed by atoms with Gasteiger partial charge in [0.2, 0.25) is 0 Å². The van der Waals surface area contributed by atoms with Crippen molar-refractivity contribution in [2.45, 2.75) is 83.5 Å². The lowest BCUT2D eigenvalue weighted by Crippen LogP contribution is -2.52. The molecule has 2 fully saturated rings. The smallest absolute Gasteiger partial charge is 0.0614 e. The number of aliphatic hydroxyl groups excluding tert-OH is 1. The molecule has 4 atom stereocenters. The van der Waals surface area contributed by atoms with E-state index in [4.69, 9.17) is 0 Å². The van der Waals surface area contributed by atoms with Crippen LogP contribution in [-0.4, -0.2) is 46.8 Å². The number of hydrogen-bond acceptors (Lipinski definition) is 3. The van der Waals surface area contributed by atoms with Gasteiger partial charge in [0.05, 0.1) is 6.61 Å². The van der Waals surface area contributed by atoms with Crippen molar-refractivity contribution in [2.24, 2.45) is 5.92 Å². The number of nitrogens with zero attached hydrogens (tertiary/aromatic N) is 1. The van der Waals surface area contributed by atoms with Crippen LogP contribution in [0.1, 0.15) is 59.8 Å². The Hall–Kier alpha value is -0.120. The van der Waals surface area contributed by atoms with Gasteiger partial charge in [0.25, 0.3) is 0 Å². The van der Waals surface area contributed by atoms with Crippen LogP contribution in [0.3, 0.4) is 0 Å². The van der Waals surface area contributed by atoms with Gasteiger partial charge in [0.1, 0.15) is 0 Å². The molecule has 2 aliphatic rings. The van der Waals surface area contributed by atoms with E-state index in [9.17, 15) is 5.11 Å². The Balaban J connectivity index is 2.00. The van der Waals surface area contributed by atoms with Crippen LogP contribution < -0.4 is 5.32 Å². The summed E-state index contributed by atoms with van der Waals surface area (Å²) >= 11 is 0. The maximum atomic E-state index is 9.82. The molecule has 3 heteroatoms. The van der Waals surface area contributed by atoms with E-state index in [2.05, 4.69) is 37.9 Å². The summed E-state index contributed by atoms with van der Waals surface area (Å²) in [6.45, 7) is 10.7. The minimum Gasteiger partial charge on any atom is -0.394 e. The van der Waals surface area contributed by atoms with E-state index in [0.29, 0.717) is 18.1 Å². The molecule has 0 amide bonds. The highest BCUT2D eigenvalue weighted by Gasteiger charge is 2.43. The molecule has 0 aromatic rings. The SMILES string of the molecule is CC(C)NC1(CO)CCC(N2CCCC(C)C2C)C1. The van der Waals surface area contributed by atoms with Gasteiger partial charge in [-0.25, -0.2) is 0 Å². The first-order valence-corrected chi connectivity index (χ1v) is 8.12. The van der Waals surface area contributed by atoms with Crippen LogP contribution >= 0.6 is 0 Å². The fourth-order valence-corrected chi connectivity index (χ4v) is 4.20. The summed E-state index contributed by atoms with van der Waals surface area (Å²) in [5, 5.41) is 13.4. The lowest BCUT2D eigenvalue weighted by molar-refractivity contribution is 0.0614. The number of likely N-dealkylation sites (tertiary alicyclic amines) is 1. The van der Waals surface area contributed by atoms with Crippen molar-refractivity contribution >= 4 is 0 Å². The summed E-state index contributed by atoms with van der Waals surface area (Å²) < 4.78 is 0. The highest BCUT2D eigenvalue weighted by molar-refractivity contribution is 5.01. The molecule has 4 unspecified atom stereocenters. The zero-order valence-corrected chi connectivity index (χ0v) is 13.2. The van der Waals surface area contributed by atoms with Gasteiger partial charge in [-0.1, -0.05) is 20.8 Å². The number of nitrogens with one attached hydrogen (secondary N) is 1. The largest absolute Gasteiger partial charge is 0.394 e. The summed E-state index contributed by atoms with van der Waals surface area (Å²) in [5.41, 5.74) is -0.0285. The lowest BCUT2D eigenvalue weighted by atomic mass is 9.90. The Bertz CT molecular complexity index is 294. The maximum Gasteiger partial charge on any atom is 0.0614 e. The molecule has 0 spiro atoms. The molecule has 1 saturated carbocycles. The third-order valence-corrected chi connectivity index (χ3v) is 5.37. The van der Waals surface area contributed by atoms with Gasteiger partial charge in [0, 0.05) is 23.7 Å². The molecule has 2 rings (SSSR count). The topological polar surface area (TPSA) is 35.5 Å². The van der Waals surface area contributed by atoms with Crippen LogP contribution in [0.4, 0.5) is 0 Å². The Morgan fingerprint density at radius 3 is 2.68 bits per heavy atom. The second-order valence-corrected chi connectivity index (χ2v) is 7.23. The van der Waals surface area contributed by atoms with Gasteiger partial charge in [0.15, 0.2) is 0 Å². The van der Waals surface area contributed by atoms with Crippen molar-refractivity contribution in [1.29, 1.82) is 0 Å². The predicted molar refractivity (Wildman–Crippen MR) is 80.3 cm³/mol. The van der Waals surface area contributed by atoms with Crippen LogP contribution in [0.15, 0.2) is 0 Å². The molecule has 1 aliphatic carbocycles. The average Bonchev–Trinajstić information content (AvgIpc) is 2.76. The summed E-state index contributed by atoms with van der Waals surface area (Å²) in [6, 6.07) is 1.81. The number of rotatable bonds is 4. The van der Waals surface area contributed by atoms with E-state index in [-0.39, 0.29) is 12.1 Å². The predicted octanol–water partition coefficient (Wildman–Crippen LogP) is 2.39. The zero-order chi connectivity index (χ0) is 14.0. The molecular formula is C16H32N2O. The van der Waals surface area contributed by atoms with E-state index < -0.39 is 0 Å². The standard InChI is InChI=1S/C16H32N2O/c1-12(2)17-16(11-19)8-7-15(10-16)18-9-5-6-13(3)14(18)4/h12-15,17,19H,5-11H2,1-4H3. The molecule has 112 valence electrons. The second-order valence-electron chi connectivity index (χ2n) is 7.23. The van der Waals surface area contributed by atoms with Crippen LogP contribution in [0.5, 0.6) is 0 Å². The Morgan fingerprint density at radius 1 is 1.32 bits per heavy atom. The average molecular weight is 268 g/mol. The first-order chi connectivity index (χ1) is 8.97. The van der Waals surface area contributed by atoms with Gasteiger partial charge in [-0.2, -0.15) is 0 Å². The number of piperidine rings is 1. The van der Waals surface area contributed by atoms with Gasteiger partial charge < -0.3 is 10.4 Å². The fourth-order valence-electron chi connectivity index (χ4n) is 4.20. The Kier molecular flexibility index (Phi) is 4.91. The van der Waals surface area contributed by atoms with Crippen molar-refractivity contribution in [3.05, 3.63) is 0 Å². The monoisotopic (exact) mass is 268 g/mol. The van der Waals surface area contributed by atoms with Crippen molar-refractivity contribution < 1.29 is 5.11 Å². The van der Waals surface area contributed by atoms with Crippen molar-refractivity contribution in [3.8, 4) is 0 Å². The summed E-state index contributed by atoms with van der Waals surface area (Å²) in [4.78, 5) is 2.72. The molecule has 1 saturated heterocycles. The van der Waals surface area contributed by atoms with E-state index >= 15 is 0 Å². The Morgan fingerprint density at radius 2 is 2.05 bits per heavy atom. The molecule has 2 N–H and O–H groups in total. The van der Waals surface area contributed by atoms with Crippen LogP contribution in [0.25, 0.3) is 0 Å².